The normalized spacial score (nSPS) is 16.8. The average Bonchev–Trinajstić information content (AvgIpc) is 3.21. The zero-order chi connectivity index (χ0) is 13.9. The fourth-order valence-corrected chi connectivity index (χ4v) is 3.23. The van der Waals surface area contributed by atoms with Crippen molar-refractivity contribution in [2.75, 3.05) is 0 Å². The van der Waals surface area contributed by atoms with Crippen molar-refractivity contribution >= 4 is 10.0 Å². The molecule has 2 rings (SSSR count). The lowest BCUT2D eigenvalue weighted by atomic mass is 10.1. The minimum atomic E-state index is -3.58. The molecule has 0 spiro atoms. The van der Waals surface area contributed by atoms with Crippen molar-refractivity contribution in [2.24, 2.45) is 5.92 Å². The van der Waals surface area contributed by atoms with Crippen LogP contribution in [0.15, 0.2) is 29.2 Å². The molecule has 19 heavy (non-hydrogen) atoms. The highest BCUT2D eigenvalue weighted by Crippen LogP contribution is 2.33. The number of hydrogen-bond acceptors (Lipinski definition) is 3. The molecule has 1 saturated carbocycles. The van der Waals surface area contributed by atoms with Crippen molar-refractivity contribution in [1.82, 2.24) is 4.72 Å². The maximum absolute atomic E-state index is 12.1. The van der Waals surface area contributed by atoms with Gasteiger partial charge in [-0.3, -0.25) is 0 Å². The predicted molar refractivity (Wildman–Crippen MR) is 72.9 cm³/mol. The van der Waals surface area contributed by atoms with E-state index in [0.717, 1.165) is 31.2 Å². The Balaban J connectivity index is 2.12. The van der Waals surface area contributed by atoms with Crippen LogP contribution in [-0.4, -0.2) is 14.5 Å². The van der Waals surface area contributed by atoms with E-state index in [2.05, 4.69) is 11.6 Å². The molecule has 0 aliphatic heterocycles. The highest BCUT2D eigenvalue weighted by Gasteiger charge is 2.34. The first-order valence-electron chi connectivity index (χ1n) is 6.57. The van der Waals surface area contributed by atoms with Crippen molar-refractivity contribution in [2.45, 2.75) is 43.5 Å². The molecule has 0 amide bonds. The van der Waals surface area contributed by atoms with Crippen LogP contribution in [0.25, 0.3) is 0 Å². The van der Waals surface area contributed by atoms with Gasteiger partial charge in [-0.05, 0) is 42.9 Å². The summed E-state index contributed by atoms with van der Waals surface area (Å²) in [4.78, 5) is 0.230. The molecule has 4 nitrogen and oxygen atoms in total. The second kappa shape index (κ2) is 5.72. The summed E-state index contributed by atoms with van der Waals surface area (Å²) in [7, 11) is -3.58. The molecule has 1 aromatic carbocycles. The number of benzene rings is 1. The van der Waals surface area contributed by atoms with Gasteiger partial charge in [-0.2, -0.15) is 9.98 Å². The molecular weight excluding hydrogens is 260 g/mol. The van der Waals surface area contributed by atoms with E-state index in [1.165, 1.54) is 0 Å². The topological polar surface area (TPSA) is 70.0 Å². The van der Waals surface area contributed by atoms with Crippen molar-refractivity contribution < 1.29 is 8.42 Å². The smallest absolute Gasteiger partial charge is 0.207 e. The zero-order valence-corrected chi connectivity index (χ0v) is 11.8. The summed E-state index contributed by atoms with van der Waals surface area (Å²) in [6.07, 6.45) is 3.82. The minimum absolute atomic E-state index is 0.180. The molecule has 0 bridgehead atoms. The van der Waals surface area contributed by atoms with Crippen molar-refractivity contribution in [3.05, 3.63) is 29.8 Å². The lowest BCUT2D eigenvalue weighted by Gasteiger charge is -2.11. The molecule has 1 unspecified atom stereocenters. The van der Waals surface area contributed by atoms with Gasteiger partial charge < -0.3 is 0 Å². The first-order chi connectivity index (χ1) is 9.06. The second-order valence-electron chi connectivity index (χ2n) is 4.96. The van der Waals surface area contributed by atoms with Gasteiger partial charge in [0, 0.05) is 0 Å². The van der Waals surface area contributed by atoms with Crippen LogP contribution in [0.5, 0.6) is 0 Å². The Hall–Kier alpha value is -1.38. The number of nitrogens with one attached hydrogen (secondary N) is 1. The Morgan fingerprint density at radius 1 is 1.37 bits per heavy atom. The molecule has 5 heteroatoms. The Morgan fingerprint density at radius 2 is 2.00 bits per heavy atom. The second-order valence-corrected chi connectivity index (χ2v) is 6.67. The largest absolute Gasteiger partial charge is 0.241 e. The van der Waals surface area contributed by atoms with E-state index in [0.29, 0.717) is 0 Å². The van der Waals surface area contributed by atoms with Crippen molar-refractivity contribution in [3.8, 4) is 6.07 Å². The van der Waals surface area contributed by atoms with E-state index in [1.54, 1.807) is 12.1 Å². The van der Waals surface area contributed by atoms with Gasteiger partial charge in [0.15, 0.2) is 0 Å². The first kappa shape index (κ1) is 14.0. The van der Waals surface area contributed by atoms with Crippen LogP contribution in [0.1, 0.15) is 31.7 Å². The van der Waals surface area contributed by atoms with Crippen LogP contribution in [0.4, 0.5) is 0 Å². The third kappa shape index (κ3) is 3.55. The molecule has 1 aliphatic rings. The van der Waals surface area contributed by atoms with Gasteiger partial charge in [-0.25, -0.2) is 8.42 Å². The van der Waals surface area contributed by atoms with Crippen LogP contribution >= 0.6 is 0 Å². The van der Waals surface area contributed by atoms with Crippen LogP contribution < -0.4 is 4.72 Å². The summed E-state index contributed by atoms with van der Waals surface area (Å²) >= 11 is 0. The Morgan fingerprint density at radius 3 is 2.47 bits per heavy atom. The van der Waals surface area contributed by atoms with Crippen molar-refractivity contribution in [3.63, 3.8) is 0 Å². The van der Waals surface area contributed by atoms with E-state index in [9.17, 15) is 8.42 Å². The van der Waals surface area contributed by atoms with E-state index >= 15 is 0 Å². The van der Waals surface area contributed by atoms with E-state index in [4.69, 9.17) is 5.26 Å². The summed E-state index contributed by atoms with van der Waals surface area (Å²) in [6.45, 7) is 2.08. The molecule has 0 heterocycles. The van der Waals surface area contributed by atoms with Crippen LogP contribution in [0.2, 0.25) is 0 Å². The Bertz CT molecular complexity index is 568. The van der Waals surface area contributed by atoms with Gasteiger partial charge in [-0.1, -0.05) is 25.5 Å². The highest BCUT2D eigenvalue weighted by atomic mass is 32.2. The standard InChI is InChI=1S/C14H18N2O2S/c1-2-3-11-4-8-13(9-5-11)19(17,18)16-14(10-15)12-6-7-12/h4-5,8-9,12,14,16H,2-3,6-7H2,1H3. The fraction of sp³-hybridized carbons (Fsp3) is 0.500. The minimum Gasteiger partial charge on any atom is -0.207 e. The monoisotopic (exact) mass is 278 g/mol. The summed E-state index contributed by atoms with van der Waals surface area (Å²) in [5.41, 5.74) is 1.13. The van der Waals surface area contributed by atoms with Gasteiger partial charge in [0.05, 0.1) is 11.0 Å². The Labute approximate surface area is 114 Å². The molecule has 0 aromatic heterocycles. The van der Waals surface area contributed by atoms with Crippen LogP contribution in [-0.2, 0) is 16.4 Å². The number of aryl methyl sites for hydroxylation is 1. The first-order valence-corrected chi connectivity index (χ1v) is 8.06. The number of nitrogens with zero attached hydrogens (tertiary/aromatic N) is 1. The molecule has 1 atom stereocenters. The van der Waals surface area contributed by atoms with Gasteiger partial charge in [0.25, 0.3) is 0 Å². The fourth-order valence-electron chi connectivity index (χ4n) is 2.02. The lowest BCUT2D eigenvalue weighted by molar-refractivity contribution is 0.560. The number of sulfonamides is 1. The molecular formula is C14H18N2O2S. The van der Waals surface area contributed by atoms with Gasteiger partial charge in [-0.15, -0.1) is 0 Å². The molecule has 1 aromatic rings. The highest BCUT2D eigenvalue weighted by molar-refractivity contribution is 7.89. The third-order valence-electron chi connectivity index (χ3n) is 3.29. The van der Waals surface area contributed by atoms with Gasteiger partial charge in [0.1, 0.15) is 6.04 Å². The van der Waals surface area contributed by atoms with E-state index < -0.39 is 16.1 Å². The quantitative estimate of drug-likeness (QED) is 0.867. The predicted octanol–water partition coefficient (Wildman–Crippen LogP) is 2.22. The van der Waals surface area contributed by atoms with Crippen LogP contribution in [0, 0.1) is 17.2 Å². The summed E-state index contributed by atoms with van der Waals surface area (Å²) in [5.74, 6) is 0.180. The SMILES string of the molecule is CCCc1ccc(S(=O)(=O)NC(C#N)C2CC2)cc1. The van der Waals surface area contributed by atoms with Gasteiger partial charge >= 0.3 is 0 Å². The molecule has 1 N–H and O–H groups in total. The maximum atomic E-state index is 12.1. The Kier molecular flexibility index (Phi) is 4.23. The molecule has 1 fully saturated rings. The molecule has 1 aliphatic carbocycles. The number of hydrogen-bond donors (Lipinski definition) is 1. The summed E-state index contributed by atoms with van der Waals surface area (Å²) in [5, 5.41) is 8.98. The van der Waals surface area contributed by atoms with E-state index in [1.807, 2.05) is 18.2 Å². The maximum Gasteiger partial charge on any atom is 0.241 e. The number of rotatable bonds is 6. The molecule has 0 saturated heterocycles. The number of nitriles is 1. The summed E-state index contributed by atoms with van der Waals surface area (Å²) < 4.78 is 26.8. The molecule has 102 valence electrons. The van der Waals surface area contributed by atoms with Gasteiger partial charge in [0.2, 0.25) is 10.0 Å². The van der Waals surface area contributed by atoms with Crippen LogP contribution in [0.3, 0.4) is 0 Å². The van der Waals surface area contributed by atoms with E-state index in [-0.39, 0.29) is 10.8 Å². The third-order valence-corrected chi connectivity index (χ3v) is 4.74. The summed E-state index contributed by atoms with van der Waals surface area (Å²) in [6, 6.07) is 8.31. The van der Waals surface area contributed by atoms with Crippen molar-refractivity contribution in [1.29, 1.82) is 5.26 Å². The zero-order valence-electron chi connectivity index (χ0n) is 11.0. The lowest BCUT2D eigenvalue weighted by Crippen LogP contribution is -2.35. The molecule has 0 radical (unpaired) electrons. The average molecular weight is 278 g/mol.